The summed E-state index contributed by atoms with van der Waals surface area (Å²) in [5.41, 5.74) is 4.04. The van der Waals surface area contributed by atoms with Gasteiger partial charge in [0.2, 0.25) is 16.9 Å². The fraction of sp³-hybridized carbons (Fsp3) is 0.236. The summed E-state index contributed by atoms with van der Waals surface area (Å²) in [5, 5.41) is 4.06. The predicted octanol–water partition coefficient (Wildman–Crippen LogP) is 11.3. The number of anilines is 6. The molecule has 27 nitrogen and oxygen atoms in total. The Balaban J connectivity index is 0.000000204. The minimum atomic E-state index is -3.84. The van der Waals surface area contributed by atoms with Gasteiger partial charge in [-0.05, 0) is 140 Å². The van der Waals surface area contributed by atoms with E-state index < -0.39 is 48.0 Å². The Morgan fingerprint density at radius 2 is 1.15 bits per heavy atom. The highest BCUT2D eigenvalue weighted by Crippen LogP contribution is 2.33. The summed E-state index contributed by atoms with van der Waals surface area (Å²) in [4.78, 5) is 70.0. The summed E-state index contributed by atoms with van der Waals surface area (Å²) >= 11 is 13.0. The summed E-state index contributed by atoms with van der Waals surface area (Å²) in [7, 11) is -9.60. The van der Waals surface area contributed by atoms with Gasteiger partial charge in [-0.1, -0.05) is 65.7 Å². The van der Waals surface area contributed by atoms with Gasteiger partial charge >= 0.3 is 0 Å². The Bertz CT molecular complexity index is 5300. The molecule has 0 spiro atoms. The quantitative estimate of drug-likeness (QED) is 0.0638. The van der Waals surface area contributed by atoms with E-state index in [2.05, 4.69) is 82.4 Å². The maximum atomic E-state index is 14.4. The number of nitrogens with zero attached hydrogens (tertiary/aromatic N) is 13. The molecule has 0 bridgehead atoms. The number of halogens is 3. The summed E-state index contributed by atoms with van der Waals surface area (Å²) in [6.45, 7) is 10.4. The van der Waals surface area contributed by atoms with Crippen molar-refractivity contribution >= 4 is 138 Å². The normalized spacial score (nSPS) is 15.0. The zero-order valence-corrected chi connectivity index (χ0v) is 62.0. The van der Waals surface area contributed by atoms with Gasteiger partial charge in [0, 0.05) is 147 Å². The summed E-state index contributed by atoms with van der Waals surface area (Å²) in [6, 6.07) is 45.7. The number of methoxy groups -OCH3 is 1. The van der Waals surface area contributed by atoms with Crippen LogP contribution >= 0.6 is 34.7 Å². The first-order valence-corrected chi connectivity index (χ1v) is 39.2. The highest BCUT2D eigenvalue weighted by Gasteiger charge is 2.33. The van der Waals surface area contributed by atoms with Crippen LogP contribution in [0, 0.1) is 5.82 Å². The van der Waals surface area contributed by atoms with Crippen LogP contribution in [-0.2, 0) is 51.0 Å². The van der Waals surface area contributed by atoms with Gasteiger partial charge in [-0.25, -0.2) is 54.6 Å². The van der Waals surface area contributed by atoms with Gasteiger partial charge in [-0.2, -0.15) is 4.37 Å². The number of aromatic nitrogens is 7. The Kier molecular flexibility index (Phi) is 23.5. The van der Waals surface area contributed by atoms with Crippen molar-refractivity contribution in [3.05, 3.63) is 223 Å². The second-order valence-corrected chi connectivity index (χ2v) is 31.2. The maximum Gasteiger partial charge on any atom is 0.263 e. The lowest BCUT2D eigenvalue weighted by Crippen LogP contribution is -2.53. The number of fused-ring (bicyclic) bond motifs is 2. The van der Waals surface area contributed by atoms with Crippen molar-refractivity contribution in [3.8, 4) is 11.5 Å². The minimum absolute atomic E-state index is 0. The molecule has 7 aromatic carbocycles. The molecule has 0 radical (unpaired) electrons. The molecule has 3 fully saturated rings. The SMILES string of the molecule is CC(Oc1cc(Cl)ccc1Cl)C(=O)N1CCN(c2ccc(S(=O)(=O)Nc3ccncn3)cc2)CC1.COc1ccc(CN2CCN(c3ccc(S(=O)(=O)Nc4ccncn4)cc3)CC2)c2ccccc12.C[C@H](C(=O)N1CCN(c2ccc(S(=O)(=O)Nc3ncns3)cc2)C(=O)C1)n1ccc2cccc(F)c21.[HH].[HH].[HH].[HH]. The molecule has 0 saturated carbocycles. The molecule has 4 aromatic heterocycles. The first-order chi connectivity index (χ1) is 51.0. The first kappa shape index (κ1) is 75.1. The Hall–Kier alpha value is -10.6. The molecule has 1 unspecified atom stereocenters. The van der Waals surface area contributed by atoms with E-state index >= 15 is 0 Å². The van der Waals surface area contributed by atoms with Crippen LogP contribution in [0.2, 0.25) is 10.0 Å². The number of piperazine rings is 3. The van der Waals surface area contributed by atoms with Crippen molar-refractivity contribution in [2.24, 2.45) is 0 Å². The molecule has 3 N–H and O–H groups in total. The second-order valence-electron chi connectivity index (χ2n) is 24.5. The number of carbonyl (C=O) groups is 3. The molecule has 3 aliphatic rings. The molecule has 11 aromatic rings. The number of benzene rings is 7. The number of hydrogen-bond donors (Lipinski definition) is 3. The maximum absolute atomic E-state index is 14.4. The van der Waals surface area contributed by atoms with E-state index in [1.54, 1.807) is 122 Å². The van der Waals surface area contributed by atoms with Crippen LogP contribution < -0.4 is 38.3 Å². The second kappa shape index (κ2) is 33.2. The van der Waals surface area contributed by atoms with Gasteiger partial charge < -0.3 is 38.5 Å². The van der Waals surface area contributed by atoms with E-state index in [4.69, 9.17) is 32.7 Å². The van der Waals surface area contributed by atoms with E-state index in [1.165, 1.54) is 82.5 Å². The van der Waals surface area contributed by atoms with Gasteiger partial charge in [-0.3, -0.25) is 33.4 Å². The standard InChI is InChI=1S/C26H27N5O3S.C23H23Cl2N5O4S.C23H21FN6O4S2.4H2/c1-34-25-11-6-20(23-4-2-3-5-24(23)25)18-30-14-16-31(17-15-30)21-7-9-22(10-8-21)35(32,33)29-26-12-13-27-19-28-26;1-16(34-21-14-17(24)2-7-20(21)25)23(31)30-12-10-29(11-13-30)18-3-5-19(6-4-18)35(32,33)28-22-8-9-26-15-27-22;1-15(29-10-9-16-3-2-4-19(24)21(16)29)22(32)28-11-12-30(20(31)13-28)17-5-7-18(8-6-17)36(33,34)27-23-25-14-26-35-23;;;;/h2-13,19H,14-18H2,1H3,(H,27,28,29);2-9,14-16H,10-13H2,1H3,(H,26,27,28);2-10,14-15H,11-13H2,1H3,(H,25,26,27);4*1H/t;;15-;;;;/m..1..../s1. The van der Waals surface area contributed by atoms with E-state index in [9.17, 15) is 44.0 Å². The molecule has 3 saturated heterocycles. The van der Waals surface area contributed by atoms with E-state index in [0.29, 0.717) is 58.6 Å². The van der Waals surface area contributed by atoms with Crippen molar-refractivity contribution < 1.29 is 59.2 Å². The fourth-order valence-electron chi connectivity index (χ4n) is 12.3. The van der Waals surface area contributed by atoms with E-state index in [1.807, 2.05) is 24.3 Å². The zero-order valence-electron chi connectivity index (χ0n) is 57.3. The average Bonchev–Trinajstić information content (AvgIpc) is 1.73. The molecule has 2 atom stereocenters. The van der Waals surface area contributed by atoms with Crippen molar-refractivity contribution in [1.29, 1.82) is 0 Å². The Morgan fingerprint density at radius 1 is 0.585 bits per heavy atom. The number of sulfonamides is 3. The third kappa shape index (κ3) is 18.0. The number of carbonyl (C=O) groups excluding carboxylic acids is 3. The van der Waals surface area contributed by atoms with Gasteiger partial charge in [0.05, 0.1) is 32.3 Å². The number of para-hydroxylation sites is 1. The number of ether oxygens (including phenoxy) is 2. The molecular weight excluding hydrogens is 1480 g/mol. The van der Waals surface area contributed by atoms with Gasteiger partial charge in [-0.15, -0.1) is 0 Å². The van der Waals surface area contributed by atoms with Crippen LogP contribution in [0.1, 0.15) is 31.2 Å². The highest BCUT2D eigenvalue weighted by atomic mass is 35.5. The van der Waals surface area contributed by atoms with Gasteiger partial charge in [0.1, 0.15) is 60.5 Å². The summed E-state index contributed by atoms with van der Waals surface area (Å²) < 4.78 is 114. The summed E-state index contributed by atoms with van der Waals surface area (Å²) in [6.07, 6.45) is 7.72. The van der Waals surface area contributed by atoms with Crippen molar-refractivity contribution in [2.75, 3.05) is 108 Å². The monoisotopic (exact) mass is 1560 g/mol. The van der Waals surface area contributed by atoms with Crippen LogP contribution in [0.4, 0.5) is 38.2 Å². The van der Waals surface area contributed by atoms with E-state index in [0.717, 1.165) is 66.8 Å². The van der Waals surface area contributed by atoms with Gasteiger partial charge in [0.15, 0.2) is 6.10 Å². The topological polar surface area (TPSA) is 310 Å². The number of hydrogen-bond acceptors (Lipinski definition) is 21. The lowest BCUT2D eigenvalue weighted by molar-refractivity contribution is -0.139. The lowest BCUT2D eigenvalue weighted by Gasteiger charge is -2.37. The van der Waals surface area contributed by atoms with E-state index in [-0.39, 0.29) is 74.5 Å². The fourth-order valence-corrected chi connectivity index (χ4v) is 16.3. The van der Waals surface area contributed by atoms with Crippen LogP contribution in [0.25, 0.3) is 21.7 Å². The number of rotatable bonds is 20. The van der Waals surface area contributed by atoms with Crippen molar-refractivity contribution in [2.45, 2.75) is 47.2 Å². The molecule has 3 aliphatic heterocycles. The van der Waals surface area contributed by atoms with Crippen LogP contribution in [0.3, 0.4) is 0 Å². The molecule has 7 heterocycles. The van der Waals surface area contributed by atoms with Gasteiger partial charge in [0.25, 0.3) is 36.0 Å². The predicted molar refractivity (Wildman–Crippen MR) is 413 cm³/mol. The summed E-state index contributed by atoms with van der Waals surface area (Å²) in [5.74, 6) is 0.557. The van der Waals surface area contributed by atoms with Crippen molar-refractivity contribution in [3.63, 3.8) is 0 Å². The molecule has 0 aliphatic carbocycles. The van der Waals surface area contributed by atoms with Crippen LogP contribution in [0.15, 0.2) is 216 Å². The van der Waals surface area contributed by atoms with Crippen molar-refractivity contribution in [1.82, 2.24) is 48.6 Å². The largest absolute Gasteiger partial charge is 0.496 e. The minimum Gasteiger partial charge on any atom is -0.496 e. The molecule has 3 amide bonds. The van der Waals surface area contributed by atoms with Crippen LogP contribution in [-0.4, -0.2) is 177 Å². The molecule has 558 valence electrons. The number of amides is 3. The smallest absolute Gasteiger partial charge is 0.263 e. The highest BCUT2D eigenvalue weighted by molar-refractivity contribution is 7.93. The average molecular weight is 1560 g/mol. The van der Waals surface area contributed by atoms with Crippen LogP contribution in [0.5, 0.6) is 11.5 Å². The molecule has 106 heavy (non-hydrogen) atoms. The first-order valence-electron chi connectivity index (χ1n) is 33.2. The zero-order chi connectivity index (χ0) is 74.7. The molecule has 14 rings (SSSR count). The third-order valence-electron chi connectivity index (χ3n) is 17.8. The number of nitrogens with one attached hydrogen (secondary N) is 3. The third-order valence-corrected chi connectivity index (χ3v) is 23.2. The lowest BCUT2D eigenvalue weighted by atomic mass is 10.0. The molecule has 34 heteroatoms. The Morgan fingerprint density at radius 3 is 1.71 bits per heavy atom. The molecular formula is C72H79Cl2FN16O11S4. The Labute approximate surface area is 631 Å².